The molecule has 0 saturated carbocycles. The van der Waals surface area contributed by atoms with Crippen LogP contribution < -0.4 is 5.32 Å². The van der Waals surface area contributed by atoms with Crippen LogP contribution in [0.5, 0.6) is 0 Å². The first-order valence-corrected chi connectivity index (χ1v) is 5.30. The van der Waals surface area contributed by atoms with Crippen molar-refractivity contribution < 1.29 is 0 Å². The number of aromatic nitrogens is 1. The third kappa shape index (κ3) is 3.88. The van der Waals surface area contributed by atoms with Gasteiger partial charge in [0.15, 0.2) is 0 Å². The van der Waals surface area contributed by atoms with Crippen LogP contribution in [0.15, 0.2) is 18.5 Å². The molecule has 14 heavy (non-hydrogen) atoms. The second kappa shape index (κ2) is 5.76. The van der Waals surface area contributed by atoms with Gasteiger partial charge in [0.2, 0.25) is 0 Å². The van der Waals surface area contributed by atoms with Crippen LogP contribution in [0.2, 0.25) is 0 Å². The van der Waals surface area contributed by atoms with Gasteiger partial charge < -0.3 is 5.32 Å². The van der Waals surface area contributed by atoms with Crippen LogP contribution in [0.25, 0.3) is 0 Å². The van der Waals surface area contributed by atoms with Gasteiger partial charge in [0, 0.05) is 18.9 Å². The summed E-state index contributed by atoms with van der Waals surface area (Å²) < 4.78 is 0. The molecule has 1 aromatic heterocycles. The first-order chi connectivity index (χ1) is 6.70. The van der Waals surface area contributed by atoms with Gasteiger partial charge in [-0.2, -0.15) is 0 Å². The van der Waals surface area contributed by atoms with E-state index in [1.807, 2.05) is 12.4 Å². The molecule has 0 aliphatic heterocycles. The molecule has 0 atom stereocenters. The van der Waals surface area contributed by atoms with E-state index < -0.39 is 0 Å². The van der Waals surface area contributed by atoms with Crippen LogP contribution in [-0.4, -0.2) is 11.5 Å². The number of hydrogen-bond acceptors (Lipinski definition) is 2. The second-order valence-electron chi connectivity index (χ2n) is 4.16. The van der Waals surface area contributed by atoms with Crippen molar-refractivity contribution in [3.63, 3.8) is 0 Å². The van der Waals surface area contributed by atoms with Gasteiger partial charge in [-0.05, 0) is 43.0 Å². The monoisotopic (exact) mass is 192 g/mol. The van der Waals surface area contributed by atoms with Gasteiger partial charge in [-0.25, -0.2) is 0 Å². The van der Waals surface area contributed by atoms with Crippen molar-refractivity contribution in [1.82, 2.24) is 10.3 Å². The van der Waals surface area contributed by atoms with Crippen LogP contribution in [0.3, 0.4) is 0 Å². The summed E-state index contributed by atoms with van der Waals surface area (Å²) in [5.41, 5.74) is 2.62. The Bertz CT molecular complexity index is 269. The van der Waals surface area contributed by atoms with Gasteiger partial charge in [0.1, 0.15) is 0 Å². The predicted molar refractivity (Wildman–Crippen MR) is 60.1 cm³/mol. The van der Waals surface area contributed by atoms with E-state index in [-0.39, 0.29) is 0 Å². The topological polar surface area (TPSA) is 24.9 Å². The van der Waals surface area contributed by atoms with Gasteiger partial charge in [-0.1, -0.05) is 13.8 Å². The normalized spacial score (nSPS) is 10.9. The first kappa shape index (κ1) is 11.2. The molecule has 0 radical (unpaired) electrons. The summed E-state index contributed by atoms with van der Waals surface area (Å²) in [4.78, 5) is 4.12. The molecule has 1 aromatic rings. The van der Waals surface area contributed by atoms with Crippen LogP contribution in [0.4, 0.5) is 0 Å². The van der Waals surface area contributed by atoms with E-state index in [4.69, 9.17) is 0 Å². The Labute approximate surface area is 86.8 Å². The largest absolute Gasteiger partial charge is 0.313 e. The van der Waals surface area contributed by atoms with Crippen molar-refractivity contribution in [2.75, 3.05) is 6.54 Å². The molecule has 0 amide bonds. The van der Waals surface area contributed by atoms with Crippen LogP contribution in [0, 0.1) is 12.8 Å². The molecular weight excluding hydrogens is 172 g/mol. The Morgan fingerprint density at radius 3 is 2.86 bits per heavy atom. The lowest BCUT2D eigenvalue weighted by Crippen LogP contribution is -2.17. The minimum absolute atomic E-state index is 0.775. The number of nitrogens with zero attached hydrogens (tertiary/aromatic N) is 1. The summed E-state index contributed by atoms with van der Waals surface area (Å²) in [5.74, 6) is 0.775. The van der Waals surface area contributed by atoms with Crippen LogP contribution >= 0.6 is 0 Å². The molecule has 1 N–H and O–H groups in total. The van der Waals surface area contributed by atoms with Crippen LogP contribution in [-0.2, 0) is 6.54 Å². The Balaban J connectivity index is 2.28. The third-order valence-electron chi connectivity index (χ3n) is 2.36. The van der Waals surface area contributed by atoms with E-state index >= 15 is 0 Å². The average molecular weight is 192 g/mol. The summed E-state index contributed by atoms with van der Waals surface area (Å²) in [6.45, 7) is 8.65. The fourth-order valence-corrected chi connectivity index (χ4v) is 1.30. The highest BCUT2D eigenvalue weighted by atomic mass is 14.8. The van der Waals surface area contributed by atoms with E-state index in [1.54, 1.807) is 0 Å². The van der Waals surface area contributed by atoms with Gasteiger partial charge in [-0.3, -0.25) is 4.98 Å². The standard InChI is InChI=1S/C12H20N2/c1-10(2)4-6-13-8-12-9-14-7-5-11(12)3/h5,7,9-10,13H,4,6,8H2,1-3H3. The van der Waals surface area contributed by atoms with Crippen molar-refractivity contribution in [2.45, 2.75) is 33.7 Å². The van der Waals surface area contributed by atoms with E-state index in [0.717, 1.165) is 19.0 Å². The maximum atomic E-state index is 4.12. The van der Waals surface area contributed by atoms with Crippen molar-refractivity contribution in [3.8, 4) is 0 Å². The molecule has 0 aromatic carbocycles. The van der Waals surface area contributed by atoms with E-state index in [2.05, 4.69) is 37.1 Å². The molecule has 1 heterocycles. The molecule has 0 bridgehead atoms. The molecule has 78 valence electrons. The lowest BCUT2D eigenvalue weighted by Gasteiger charge is -2.08. The van der Waals surface area contributed by atoms with Crippen molar-refractivity contribution in [2.24, 2.45) is 5.92 Å². The number of pyridine rings is 1. The fraction of sp³-hybridized carbons (Fsp3) is 0.583. The van der Waals surface area contributed by atoms with Gasteiger partial charge in [0.05, 0.1) is 0 Å². The number of nitrogens with one attached hydrogen (secondary N) is 1. The number of aryl methyl sites for hydroxylation is 1. The molecule has 0 unspecified atom stereocenters. The van der Waals surface area contributed by atoms with E-state index in [9.17, 15) is 0 Å². The Morgan fingerprint density at radius 2 is 2.21 bits per heavy atom. The zero-order valence-corrected chi connectivity index (χ0v) is 9.38. The van der Waals surface area contributed by atoms with Crippen LogP contribution in [0.1, 0.15) is 31.4 Å². The maximum absolute atomic E-state index is 4.12. The fourth-order valence-electron chi connectivity index (χ4n) is 1.30. The SMILES string of the molecule is Cc1ccncc1CNCCC(C)C. The summed E-state index contributed by atoms with van der Waals surface area (Å²) >= 11 is 0. The highest BCUT2D eigenvalue weighted by Gasteiger charge is 1.97. The molecule has 0 spiro atoms. The summed E-state index contributed by atoms with van der Waals surface area (Å²) in [6.07, 6.45) is 5.02. The molecule has 2 heteroatoms. The molecule has 0 saturated heterocycles. The number of hydrogen-bond donors (Lipinski definition) is 1. The zero-order chi connectivity index (χ0) is 10.4. The second-order valence-corrected chi connectivity index (χ2v) is 4.16. The smallest absolute Gasteiger partial charge is 0.0315 e. The molecule has 0 fully saturated rings. The molecule has 0 aliphatic carbocycles. The molecule has 0 aliphatic rings. The van der Waals surface area contributed by atoms with Crippen molar-refractivity contribution in [3.05, 3.63) is 29.6 Å². The van der Waals surface area contributed by atoms with Crippen molar-refractivity contribution in [1.29, 1.82) is 0 Å². The predicted octanol–water partition coefficient (Wildman–Crippen LogP) is 2.53. The lowest BCUT2D eigenvalue weighted by molar-refractivity contribution is 0.537. The minimum Gasteiger partial charge on any atom is -0.313 e. The number of rotatable bonds is 5. The third-order valence-corrected chi connectivity index (χ3v) is 2.36. The van der Waals surface area contributed by atoms with Gasteiger partial charge >= 0.3 is 0 Å². The van der Waals surface area contributed by atoms with Crippen molar-refractivity contribution >= 4 is 0 Å². The Hall–Kier alpha value is -0.890. The Kier molecular flexibility index (Phi) is 4.60. The average Bonchev–Trinajstić information content (AvgIpc) is 2.15. The summed E-state index contributed by atoms with van der Waals surface area (Å²) in [6, 6.07) is 2.06. The zero-order valence-electron chi connectivity index (χ0n) is 9.38. The lowest BCUT2D eigenvalue weighted by atomic mass is 10.1. The maximum Gasteiger partial charge on any atom is 0.0315 e. The van der Waals surface area contributed by atoms with E-state index in [0.29, 0.717) is 0 Å². The first-order valence-electron chi connectivity index (χ1n) is 5.30. The quantitative estimate of drug-likeness (QED) is 0.725. The van der Waals surface area contributed by atoms with Gasteiger partial charge in [-0.15, -0.1) is 0 Å². The Morgan fingerprint density at radius 1 is 1.43 bits per heavy atom. The molecular formula is C12H20N2. The minimum atomic E-state index is 0.775. The molecule has 2 nitrogen and oxygen atoms in total. The van der Waals surface area contributed by atoms with Gasteiger partial charge in [0.25, 0.3) is 0 Å². The highest BCUT2D eigenvalue weighted by Crippen LogP contribution is 2.04. The summed E-state index contributed by atoms with van der Waals surface area (Å²) in [7, 11) is 0. The van der Waals surface area contributed by atoms with E-state index in [1.165, 1.54) is 17.5 Å². The molecule has 1 rings (SSSR count). The highest BCUT2D eigenvalue weighted by molar-refractivity contribution is 5.20. The summed E-state index contributed by atoms with van der Waals surface area (Å²) in [5, 5.41) is 3.43.